The maximum atomic E-state index is 13.6. The number of aliphatic hydroxyl groups is 1. The third kappa shape index (κ3) is 2.05. The lowest BCUT2D eigenvalue weighted by Crippen LogP contribution is -2.25. The molecule has 0 saturated carbocycles. The van der Waals surface area contributed by atoms with Crippen LogP contribution < -0.4 is 5.73 Å². The minimum Gasteiger partial charge on any atom is -0.391 e. The molecule has 1 aromatic rings. The molecule has 1 aromatic carbocycles. The summed E-state index contributed by atoms with van der Waals surface area (Å²) in [7, 11) is 0. The molecule has 0 spiro atoms. The molecule has 2 atom stereocenters. The van der Waals surface area contributed by atoms with Gasteiger partial charge in [0.25, 0.3) is 0 Å². The van der Waals surface area contributed by atoms with Crippen LogP contribution in [0.5, 0.6) is 0 Å². The first-order valence-corrected chi connectivity index (χ1v) is 4.71. The third-order valence-electron chi connectivity index (χ3n) is 2.17. The van der Waals surface area contributed by atoms with Gasteiger partial charge in [0.2, 0.25) is 0 Å². The second-order valence-electron chi connectivity index (χ2n) is 3.36. The molecule has 78 valence electrons. The first-order chi connectivity index (χ1) is 6.45. The number of hydrogen-bond acceptors (Lipinski definition) is 2. The zero-order valence-corrected chi connectivity index (χ0v) is 8.85. The molecule has 0 amide bonds. The van der Waals surface area contributed by atoms with E-state index < -0.39 is 18.0 Å². The second kappa shape index (κ2) is 4.26. The van der Waals surface area contributed by atoms with Crippen molar-refractivity contribution >= 4 is 11.6 Å². The normalized spacial score (nSPS) is 15.3. The average Bonchev–Trinajstić information content (AvgIpc) is 2.12. The van der Waals surface area contributed by atoms with Crippen LogP contribution >= 0.6 is 11.6 Å². The molecule has 2 nitrogen and oxygen atoms in total. The summed E-state index contributed by atoms with van der Waals surface area (Å²) in [5, 5.41) is 9.52. The van der Waals surface area contributed by atoms with Gasteiger partial charge in [0.15, 0.2) is 0 Å². The van der Waals surface area contributed by atoms with Crippen molar-refractivity contribution in [3.63, 3.8) is 0 Å². The molecule has 4 heteroatoms. The molecule has 0 bridgehead atoms. The van der Waals surface area contributed by atoms with E-state index >= 15 is 0 Å². The topological polar surface area (TPSA) is 46.2 Å². The lowest BCUT2D eigenvalue weighted by molar-refractivity contribution is 0.162. The molecule has 0 radical (unpaired) electrons. The Labute approximate surface area is 87.5 Å². The first kappa shape index (κ1) is 11.4. The van der Waals surface area contributed by atoms with Crippen LogP contribution in [0.25, 0.3) is 0 Å². The maximum Gasteiger partial charge on any atom is 0.132 e. The standard InChI is InChI=1S/C10H13ClFNO/c1-5-3-4-7(11)8(9(5)12)10(13)6(2)14/h3-4,6,10,14H,13H2,1-2H3/t6?,10-/m1/s1. The Morgan fingerprint density at radius 3 is 2.57 bits per heavy atom. The van der Waals surface area contributed by atoms with Crippen molar-refractivity contribution in [2.24, 2.45) is 5.73 Å². The van der Waals surface area contributed by atoms with Gasteiger partial charge in [-0.3, -0.25) is 0 Å². The zero-order chi connectivity index (χ0) is 10.9. The lowest BCUT2D eigenvalue weighted by Gasteiger charge is -2.18. The fraction of sp³-hybridized carbons (Fsp3) is 0.400. The fourth-order valence-electron chi connectivity index (χ4n) is 1.23. The highest BCUT2D eigenvalue weighted by Crippen LogP contribution is 2.28. The van der Waals surface area contributed by atoms with Crippen LogP contribution in [0.2, 0.25) is 5.02 Å². The predicted octanol–water partition coefficient (Wildman–Crippen LogP) is 2.17. The van der Waals surface area contributed by atoms with Crippen LogP contribution in [0.15, 0.2) is 12.1 Å². The molecule has 14 heavy (non-hydrogen) atoms. The summed E-state index contributed by atoms with van der Waals surface area (Å²) in [6.07, 6.45) is -0.830. The van der Waals surface area contributed by atoms with Gasteiger partial charge in [-0.2, -0.15) is 0 Å². The average molecular weight is 218 g/mol. The van der Waals surface area contributed by atoms with E-state index in [2.05, 4.69) is 0 Å². The van der Waals surface area contributed by atoms with E-state index in [1.807, 2.05) is 0 Å². The van der Waals surface area contributed by atoms with Gasteiger partial charge < -0.3 is 10.8 Å². The maximum absolute atomic E-state index is 13.6. The molecule has 1 unspecified atom stereocenters. The molecule has 0 saturated heterocycles. The number of halogens is 2. The number of aliphatic hydroxyl groups excluding tert-OH is 1. The molecule has 0 aliphatic rings. The molecule has 3 N–H and O–H groups in total. The third-order valence-corrected chi connectivity index (χ3v) is 2.50. The largest absolute Gasteiger partial charge is 0.391 e. The smallest absolute Gasteiger partial charge is 0.132 e. The number of benzene rings is 1. The number of hydrogen-bond donors (Lipinski definition) is 2. The van der Waals surface area contributed by atoms with Crippen LogP contribution in [-0.4, -0.2) is 11.2 Å². The van der Waals surface area contributed by atoms with E-state index in [4.69, 9.17) is 17.3 Å². The molecule has 0 aliphatic heterocycles. The van der Waals surface area contributed by atoms with Gasteiger partial charge in [0.1, 0.15) is 5.82 Å². The van der Waals surface area contributed by atoms with Crippen molar-refractivity contribution in [2.75, 3.05) is 0 Å². The SMILES string of the molecule is Cc1ccc(Cl)c([C@H](N)C(C)O)c1F. The van der Waals surface area contributed by atoms with Gasteiger partial charge in [-0.25, -0.2) is 4.39 Å². The molecule has 1 rings (SSSR count). The van der Waals surface area contributed by atoms with Crippen molar-refractivity contribution in [2.45, 2.75) is 26.0 Å². The highest BCUT2D eigenvalue weighted by molar-refractivity contribution is 6.31. The second-order valence-corrected chi connectivity index (χ2v) is 3.77. The monoisotopic (exact) mass is 217 g/mol. The van der Waals surface area contributed by atoms with E-state index in [9.17, 15) is 9.50 Å². The Balaban J connectivity index is 3.25. The predicted molar refractivity (Wildman–Crippen MR) is 54.8 cm³/mol. The fourth-order valence-corrected chi connectivity index (χ4v) is 1.50. The van der Waals surface area contributed by atoms with E-state index in [0.717, 1.165) is 0 Å². The van der Waals surface area contributed by atoms with Crippen molar-refractivity contribution in [1.29, 1.82) is 0 Å². The molecule has 0 fully saturated rings. The van der Waals surface area contributed by atoms with Gasteiger partial charge in [-0.05, 0) is 25.5 Å². The molecular weight excluding hydrogens is 205 g/mol. The minimum atomic E-state index is -0.830. The Morgan fingerprint density at radius 1 is 1.50 bits per heavy atom. The van der Waals surface area contributed by atoms with Gasteiger partial charge in [0.05, 0.1) is 12.1 Å². The zero-order valence-electron chi connectivity index (χ0n) is 8.09. The molecule has 0 aromatic heterocycles. The summed E-state index contributed by atoms with van der Waals surface area (Å²) in [4.78, 5) is 0. The number of nitrogens with two attached hydrogens (primary N) is 1. The van der Waals surface area contributed by atoms with Crippen LogP contribution in [0, 0.1) is 12.7 Å². The van der Waals surface area contributed by atoms with E-state index in [0.29, 0.717) is 5.56 Å². The van der Waals surface area contributed by atoms with Crippen LogP contribution in [-0.2, 0) is 0 Å². The summed E-state index contributed by atoms with van der Waals surface area (Å²) in [6.45, 7) is 3.13. The van der Waals surface area contributed by atoms with E-state index in [1.54, 1.807) is 19.1 Å². The molecular formula is C10H13ClFNO. The van der Waals surface area contributed by atoms with Crippen molar-refractivity contribution in [3.8, 4) is 0 Å². The quantitative estimate of drug-likeness (QED) is 0.798. The number of aryl methyl sites for hydroxylation is 1. The minimum absolute atomic E-state index is 0.182. The van der Waals surface area contributed by atoms with E-state index in [-0.39, 0.29) is 10.6 Å². The van der Waals surface area contributed by atoms with Crippen molar-refractivity contribution in [1.82, 2.24) is 0 Å². The summed E-state index contributed by atoms with van der Waals surface area (Å²) in [5.41, 5.74) is 6.29. The first-order valence-electron chi connectivity index (χ1n) is 4.33. The van der Waals surface area contributed by atoms with E-state index in [1.165, 1.54) is 6.92 Å². The Bertz CT molecular complexity index is 341. The summed E-state index contributed by atoms with van der Waals surface area (Å²) >= 11 is 5.81. The van der Waals surface area contributed by atoms with Gasteiger partial charge >= 0.3 is 0 Å². The van der Waals surface area contributed by atoms with Gasteiger partial charge in [-0.15, -0.1) is 0 Å². The van der Waals surface area contributed by atoms with Crippen LogP contribution in [0.4, 0.5) is 4.39 Å². The highest BCUT2D eigenvalue weighted by Gasteiger charge is 2.20. The Hall–Kier alpha value is -0.640. The Morgan fingerprint density at radius 2 is 2.07 bits per heavy atom. The number of rotatable bonds is 2. The van der Waals surface area contributed by atoms with Crippen molar-refractivity contribution < 1.29 is 9.50 Å². The lowest BCUT2D eigenvalue weighted by atomic mass is 10.0. The Kier molecular flexibility index (Phi) is 3.48. The van der Waals surface area contributed by atoms with Crippen molar-refractivity contribution in [3.05, 3.63) is 34.1 Å². The summed E-state index contributed by atoms with van der Waals surface area (Å²) in [6, 6.07) is 2.37. The van der Waals surface area contributed by atoms with Crippen LogP contribution in [0.3, 0.4) is 0 Å². The van der Waals surface area contributed by atoms with Gasteiger partial charge in [-0.1, -0.05) is 17.7 Å². The highest BCUT2D eigenvalue weighted by atomic mass is 35.5. The summed E-state index contributed by atoms with van der Waals surface area (Å²) < 4.78 is 13.6. The van der Waals surface area contributed by atoms with Gasteiger partial charge in [0, 0.05) is 10.6 Å². The summed E-state index contributed by atoms with van der Waals surface area (Å²) in [5.74, 6) is -0.439. The molecule has 0 aliphatic carbocycles. The molecule has 0 heterocycles. The van der Waals surface area contributed by atoms with Crippen LogP contribution in [0.1, 0.15) is 24.1 Å².